The predicted molar refractivity (Wildman–Crippen MR) is 117 cm³/mol. The first-order valence-corrected chi connectivity index (χ1v) is 13.3. The topological polar surface area (TPSA) is 27.1 Å². The van der Waals surface area contributed by atoms with Crippen LogP contribution in [0.3, 0.4) is 0 Å². The van der Waals surface area contributed by atoms with Gasteiger partial charge in [0.05, 0.1) is 11.9 Å². The summed E-state index contributed by atoms with van der Waals surface area (Å²) in [5, 5.41) is 0. The summed E-state index contributed by atoms with van der Waals surface area (Å²) >= 11 is 0. The van der Waals surface area contributed by atoms with E-state index in [2.05, 4.69) is 86.6 Å². The van der Waals surface area contributed by atoms with Crippen molar-refractivity contribution in [2.75, 3.05) is 6.61 Å². The number of aromatic nitrogens is 2. The van der Waals surface area contributed by atoms with Gasteiger partial charge in [-0.25, -0.2) is 4.98 Å². The molecular formula is C23H30N2OSi. The Hall–Kier alpha value is -2.17. The van der Waals surface area contributed by atoms with Crippen LogP contribution in [-0.2, 0) is 11.5 Å². The van der Waals surface area contributed by atoms with Crippen molar-refractivity contribution < 1.29 is 4.74 Å². The Morgan fingerprint density at radius 3 is 2.07 bits per heavy atom. The molecule has 0 aliphatic carbocycles. The standard InChI is InChI=1S/C23H30N2OSi/c1-18-10-6-8-12-20(18)22-16-24-23(21-13-9-7-11-19(21)2)25(22)17-26-14-15-27(3,4)5/h6-13,16H,14-15,17H2,1-5H3. The van der Waals surface area contributed by atoms with Gasteiger partial charge in [-0.1, -0.05) is 68.2 Å². The molecule has 1 aromatic heterocycles. The average molecular weight is 379 g/mol. The van der Waals surface area contributed by atoms with Crippen LogP contribution in [0.4, 0.5) is 0 Å². The first-order chi connectivity index (χ1) is 12.9. The van der Waals surface area contributed by atoms with Crippen molar-refractivity contribution in [3.05, 3.63) is 65.9 Å². The van der Waals surface area contributed by atoms with Crippen LogP contribution in [0.25, 0.3) is 22.6 Å². The highest BCUT2D eigenvalue weighted by molar-refractivity contribution is 6.76. The number of hydrogen-bond donors (Lipinski definition) is 0. The van der Waals surface area contributed by atoms with Crippen molar-refractivity contribution in [1.82, 2.24) is 9.55 Å². The fraction of sp³-hybridized carbons (Fsp3) is 0.348. The molecule has 0 N–H and O–H groups in total. The summed E-state index contributed by atoms with van der Waals surface area (Å²) in [5.74, 6) is 0.972. The molecule has 0 unspecified atom stereocenters. The lowest BCUT2D eigenvalue weighted by Crippen LogP contribution is -2.22. The lowest BCUT2D eigenvalue weighted by Gasteiger charge is -2.18. The minimum absolute atomic E-state index is 0.526. The van der Waals surface area contributed by atoms with Gasteiger partial charge in [-0.3, -0.25) is 4.57 Å². The quantitative estimate of drug-likeness (QED) is 0.364. The molecule has 0 aliphatic heterocycles. The highest BCUT2D eigenvalue weighted by atomic mass is 28.3. The lowest BCUT2D eigenvalue weighted by molar-refractivity contribution is 0.0893. The molecule has 0 spiro atoms. The second-order valence-electron chi connectivity index (χ2n) is 8.37. The molecule has 0 fully saturated rings. The van der Waals surface area contributed by atoms with Crippen molar-refractivity contribution in [2.24, 2.45) is 0 Å². The first-order valence-electron chi connectivity index (χ1n) is 9.62. The van der Waals surface area contributed by atoms with E-state index in [-0.39, 0.29) is 0 Å². The minimum atomic E-state index is -1.10. The van der Waals surface area contributed by atoms with Gasteiger partial charge >= 0.3 is 0 Å². The van der Waals surface area contributed by atoms with E-state index in [0.29, 0.717) is 6.73 Å². The summed E-state index contributed by atoms with van der Waals surface area (Å²) < 4.78 is 8.33. The van der Waals surface area contributed by atoms with E-state index in [1.54, 1.807) is 0 Å². The normalized spacial score (nSPS) is 11.7. The maximum absolute atomic E-state index is 6.12. The smallest absolute Gasteiger partial charge is 0.142 e. The fourth-order valence-corrected chi connectivity index (χ4v) is 3.91. The molecule has 0 radical (unpaired) electrons. The molecule has 0 aliphatic rings. The van der Waals surface area contributed by atoms with Gasteiger partial charge in [-0.2, -0.15) is 0 Å². The Kier molecular flexibility index (Phi) is 5.97. The predicted octanol–water partition coefficient (Wildman–Crippen LogP) is 6.15. The van der Waals surface area contributed by atoms with Gasteiger partial charge in [0.1, 0.15) is 12.6 Å². The SMILES string of the molecule is Cc1ccccc1-c1cnc(-c2ccccc2C)n1COCC[Si](C)(C)C. The maximum atomic E-state index is 6.12. The Balaban J connectivity index is 1.97. The third-order valence-corrected chi connectivity index (χ3v) is 6.58. The van der Waals surface area contributed by atoms with Gasteiger partial charge in [-0.05, 0) is 31.0 Å². The zero-order valence-corrected chi connectivity index (χ0v) is 18.1. The molecule has 4 heteroatoms. The Bertz CT molecular complexity index is 846. The third kappa shape index (κ3) is 4.76. The molecule has 142 valence electrons. The van der Waals surface area contributed by atoms with E-state index >= 15 is 0 Å². The second kappa shape index (κ2) is 8.24. The molecule has 0 atom stereocenters. The summed E-state index contributed by atoms with van der Waals surface area (Å²) in [5.41, 5.74) is 5.95. The summed E-state index contributed by atoms with van der Waals surface area (Å²) in [6, 6.07) is 18.0. The van der Waals surface area contributed by atoms with Crippen molar-refractivity contribution in [3.63, 3.8) is 0 Å². The molecule has 0 bridgehead atoms. The van der Waals surface area contributed by atoms with Gasteiger partial charge in [0.25, 0.3) is 0 Å². The van der Waals surface area contributed by atoms with Gasteiger partial charge < -0.3 is 4.74 Å². The zero-order chi connectivity index (χ0) is 19.4. The van der Waals surface area contributed by atoms with Crippen LogP contribution in [0.2, 0.25) is 25.7 Å². The van der Waals surface area contributed by atoms with Gasteiger partial charge in [0.15, 0.2) is 0 Å². The molecule has 0 saturated heterocycles. The van der Waals surface area contributed by atoms with Gasteiger partial charge in [-0.15, -0.1) is 0 Å². The maximum Gasteiger partial charge on any atom is 0.142 e. The highest BCUT2D eigenvalue weighted by Gasteiger charge is 2.17. The van der Waals surface area contributed by atoms with Crippen LogP contribution in [0, 0.1) is 13.8 Å². The second-order valence-corrected chi connectivity index (χ2v) is 14.0. The molecule has 2 aromatic carbocycles. The molecule has 1 heterocycles. The highest BCUT2D eigenvalue weighted by Crippen LogP contribution is 2.30. The number of rotatable bonds is 7. The van der Waals surface area contributed by atoms with E-state index in [9.17, 15) is 0 Å². The molecule has 0 amide bonds. The minimum Gasteiger partial charge on any atom is -0.361 e. The van der Waals surface area contributed by atoms with E-state index in [1.807, 2.05) is 6.20 Å². The monoisotopic (exact) mass is 378 g/mol. The number of hydrogen-bond acceptors (Lipinski definition) is 2. The molecule has 27 heavy (non-hydrogen) atoms. The summed E-state index contributed by atoms with van der Waals surface area (Å²) in [4.78, 5) is 4.78. The largest absolute Gasteiger partial charge is 0.361 e. The fourth-order valence-electron chi connectivity index (χ4n) is 3.15. The molecular weight excluding hydrogens is 348 g/mol. The molecule has 3 aromatic rings. The number of nitrogens with zero attached hydrogens (tertiary/aromatic N) is 2. The van der Waals surface area contributed by atoms with Crippen LogP contribution in [0.15, 0.2) is 54.7 Å². The van der Waals surface area contributed by atoms with Gasteiger partial charge in [0, 0.05) is 25.8 Å². The van der Waals surface area contributed by atoms with Gasteiger partial charge in [0.2, 0.25) is 0 Å². The third-order valence-electron chi connectivity index (χ3n) is 4.88. The summed E-state index contributed by atoms with van der Waals surface area (Å²) in [6.07, 6.45) is 1.98. The Morgan fingerprint density at radius 1 is 0.889 bits per heavy atom. The van der Waals surface area contributed by atoms with Crippen molar-refractivity contribution >= 4 is 8.07 Å². The average Bonchev–Trinajstić information content (AvgIpc) is 3.02. The lowest BCUT2D eigenvalue weighted by atomic mass is 10.1. The number of aryl methyl sites for hydroxylation is 2. The first kappa shape index (κ1) is 19.6. The number of ether oxygens (including phenoxy) is 1. The molecule has 0 saturated carbocycles. The van der Waals surface area contributed by atoms with Crippen LogP contribution in [0.5, 0.6) is 0 Å². The Morgan fingerprint density at radius 2 is 1.48 bits per heavy atom. The molecule has 3 nitrogen and oxygen atoms in total. The van der Waals surface area contributed by atoms with Crippen molar-refractivity contribution in [3.8, 4) is 22.6 Å². The van der Waals surface area contributed by atoms with E-state index in [0.717, 1.165) is 23.7 Å². The number of imidazole rings is 1. The summed E-state index contributed by atoms with van der Waals surface area (Å²) in [6.45, 7) is 12.7. The zero-order valence-electron chi connectivity index (χ0n) is 17.1. The molecule has 3 rings (SSSR count). The van der Waals surface area contributed by atoms with Crippen molar-refractivity contribution in [1.29, 1.82) is 0 Å². The summed E-state index contributed by atoms with van der Waals surface area (Å²) in [7, 11) is -1.10. The van der Waals surface area contributed by atoms with Crippen LogP contribution < -0.4 is 0 Å². The van der Waals surface area contributed by atoms with E-state index < -0.39 is 8.07 Å². The Labute approximate surface area is 164 Å². The van der Waals surface area contributed by atoms with E-state index in [1.165, 1.54) is 22.7 Å². The van der Waals surface area contributed by atoms with Crippen LogP contribution >= 0.6 is 0 Å². The van der Waals surface area contributed by atoms with E-state index in [4.69, 9.17) is 9.72 Å². The number of benzene rings is 2. The van der Waals surface area contributed by atoms with Crippen molar-refractivity contribution in [2.45, 2.75) is 46.3 Å². The van der Waals surface area contributed by atoms with Crippen LogP contribution in [-0.4, -0.2) is 24.2 Å². The van der Waals surface area contributed by atoms with Crippen LogP contribution in [0.1, 0.15) is 11.1 Å².